The van der Waals surface area contributed by atoms with E-state index in [2.05, 4.69) is 32.1 Å². The molecule has 1 aliphatic heterocycles. The normalized spacial score (nSPS) is 16.0. The minimum Gasteiger partial charge on any atom is -0.475 e. The van der Waals surface area contributed by atoms with Gasteiger partial charge in [-0.25, -0.2) is 9.59 Å². The van der Waals surface area contributed by atoms with Gasteiger partial charge in [-0.15, -0.1) is 0 Å². The quantitative estimate of drug-likeness (QED) is 0.503. The Morgan fingerprint density at radius 3 is 2.08 bits per heavy atom. The van der Waals surface area contributed by atoms with Gasteiger partial charge in [-0.2, -0.15) is 42.8 Å². The Morgan fingerprint density at radius 2 is 1.64 bits per heavy atom. The first-order valence-electron chi connectivity index (χ1n) is 10.1. The van der Waals surface area contributed by atoms with Gasteiger partial charge in [0, 0.05) is 31.9 Å². The Kier molecular flexibility index (Phi) is 11.4. The summed E-state index contributed by atoms with van der Waals surface area (Å²) < 4.78 is 65.4. The van der Waals surface area contributed by atoms with Crippen LogP contribution in [0.4, 0.5) is 26.3 Å². The van der Waals surface area contributed by atoms with Crippen molar-refractivity contribution in [2.24, 2.45) is 5.92 Å². The fraction of sp³-hybridized carbons (Fsp3) is 0.500. The molecule has 0 saturated heterocycles. The van der Waals surface area contributed by atoms with Crippen molar-refractivity contribution < 1.29 is 50.9 Å². The molecule has 0 radical (unpaired) electrons. The highest BCUT2D eigenvalue weighted by molar-refractivity contribution is 7.07. The van der Waals surface area contributed by atoms with Gasteiger partial charge in [-0.05, 0) is 42.3 Å². The molecular formula is C20H24F6N4O5S. The zero-order valence-corrected chi connectivity index (χ0v) is 19.8. The lowest BCUT2D eigenvalue weighted by atomic mass is 10.1. The fourth-order valence-electron chi connectivity index (χ4n) is 2.86. The lowest BCUT2D eigenvalue weighted by Crippen LogP contribution is -2.41. The molecule has 0 spiro atoms. The number of halogens is 6. The average Bonchev–Trinajstić information content (AvgIpc) is 3.35. The second kappa shape index (κ2) is 13.2. The number of alkyl halides is 6. The molecule has 0 fully saturated rings. The van der Waals surface area contributed by atoms with Gasteiger partial charge in [0.25, 0.3) is 0 Å². The number of thiophene rings is 1. The van der Waals surface area contributed by atoms with E-state index in [1.54, 1.807) is 11.3 Å². The zero-order valence-electron chi connectivity index (χ0n) is 19.0. The molecule has 1 unspecified atom stereocenters. The van der Waals surface area contributed by atoms with Crippen LogP contribution in [0.3, 0.4) is 0 Å². The van der Waals surface area contributed by atoms with Crippen molar-refractivity contribution >= 4 is 29.2 Å². The number of hydrogen-bond donors (Lipinski definition) is 3. The molecule has 16 heteroatoms. The van der Waals surface area contributed by atoms with Crippen molar-refractivity contribution in [1.82, 2.24) is 20.0 Å². The summed E-state index contributed by atoms with van der Waals surface area (Å²) in [5.74, 6) is -5.46. The Hall–Kier alpha value is -3.14. The van der Waals surface area contributed by atoms with Crippen LogP contribution in [0.1, 0.15) is 25.1 Å². The number of aromatic nitrogens is 2. The zero-order chi connectivity index (χ0) is 27.7. The number of rotatable bonds is 4. The van der Waals surface area contributed by atoms with Gasteiger partial charge in [-0.3, -0.25) is 14.4 Å². The number of carbonyl (C=O) groups excluding carboxylic acids is 1. The highest BCUT2D eigenvalue weighted by atomic mass is 32.1. The van der Waals surface area contributed by atoms with E-state index in [0.717, 1.165) is 19.6 Å². The number of carboxylic acid groups (broad SMARTS) is 2. The largest absolute Gasteiger partial charge is 0.490 e. The number of hydrogen-bond acceptors (Lipinski definition) is 6. The topological polar surface area (TPSA) is 125 Å². The molecule has 0 saturated carbocycles. The number of nitrogens with zero attached hydrogens (tertiary/aromatic N) is 3. The maximum absolute atomic E-state index is 12.5. The van der Waals surface area contributed by atoms with Crippen LogP contribution in [0.25, 0.3) is 0 Å². The van der Waals surface area contributed by atoms with Gasteiger partial charge < -0.3 is 15.5 Å². The highest BCUT2D eigenvalue weighted by Crippen LogP contribution is 2.19. The molecule has 202 valence electrons. The van der Waals surface area contributed by atoms with Crippen LogP contribution in [0.2, 0.25) is 0 Å². The first kappa shape index (κ1) is 30.9. The van der Waals surface area contributed by atoms with E-state index in [9.17, 15) is 31.1 Å². The summed E-state index contributed by atoms with van der Waals surface area (Å²) in [6.07, 6.45) is -8.35. The monoisotopic (exact) mass is 546 g/mol. The van der Waals surface area contributed by atoms with Crippen LogP contribution in [0.5, 0.6) is 0 Å². The van der Waals surface area contributed by atoms with E-state index in [-0.39, 0.29) is 17.9 Å². The minimum atomic E-state index is -5.08. The van der Waals surface area contributed by atoms with Gasteiger partial charge in [0.05, 0.1) is 18.2 Å². The number of amides is 1. The predicted molar refractivity (Wildman–Crippen MR) is 115 cm³/mol. The third kappa shape index (κ3) is 11.1. The van der Waals surface area contributed by atoms with Crippen molar-refractivity contribution in [3.05, 3.63) is 40.3 Å². The molecule has 0 aliphatic carbocycles. The van der Waals surface area contributed by atoms with Gasteiger partial charge in [0.1, 0.15) is 0 Å². The van der Waals surface area contributed by atoms with E-state index in [1.807, 2.05) is 30.8 Å². The fourth-order valence-corrected chi connectivity index (χ4v) is 3.52. The Bertz CT molecular complexity index is 968. The molecule has 9 nitrogen and oxygen atoms in total. The molecule has 2 aromatic heterocycles. The summed E-state index contributed by atoms with van der Waals surface area (Å²) in [5.41, 5.74) is 2.48. The highest BCUT2D eigenvalue weighted by Gasteiger charge is 2.38. The lowest BCUT2D eigenvalue weighted by Gasteiger charge is -2.23. The van der Waals surface area contributed by atoms with Crippen LogP contribution >= 0.6 is 11.3 Å². The van der Waals surface area contributed by atoms with Crippen LogP contribution in [-0.4, -0.2) is 67.7 Å². The summed E-state index contributed by atoms with van der Waals surface area (Å²) in [6, 6.07) is 4.36. The average molecular weight is 546 g/mol. The van der Waals surface area contributed by atoms with E-state index >= 15 is 0 Å². The molecule has 2 aromatic rings. The summed E-state index contributed by atoms with van der Waals surface area (Å²) >= 11 is 1.71. The van der Waals surface area contributed by atoms with Crippen molar-refractivity contribution in [1.29, 1.82) is 0 Å². The van der Waals surface area contributed by atoms with E-state index in [4.69, 9.17) is 19.8 Å². The number of carbonyl (C=O) groups is 3. The Morgan fingerprint density at radius 1 is 1.08 bits per heavy atom. The maximum Gasteiger partial charge on any atom is 0.490 e. The summed E-state index contributed by atoms with van der Waals surface area (Å²) in [6.45, 7) is 7.12. The molecule has 3 N–H and O–H groups in total. The molecule has 3 rings (SSSR count). The van der Waals surface area contributed by atoms with Crippen LogP contribution in [-0.2, 0) is 34.0 Å². The third-order valence-corrected chi connectivity index (χ3v) is 5.07. The first-order valence-corrected chi connectivity index (χ1v) is 11.1. The van der Waals surface area contributed by atoms with Crippen LogP contribution in [0, 0.1) is 5.92 Å². The van der Waals surface area contributed by atoms with Crippen molar-refractivity contribution in [2.45, 2.75) is 51.9 Å². The molecule has 1 aliphatic rings. The summed E-state index contributed by atoms with van der Waals surface area (Å²) in [4.78, 5) is 32.6. The molecule has 3 heterocycles. The van der Waals surface area contributed by atoms with Gasteiger partial charge in [0.2, 0.25) is 5.91 Å². The first-order chi connectivity index (χ1) is 16.5. The third-order valence-electron chi connectivity index (χ3n) is 4.34. The Labute approximate surface area is 205 Å². The maximum atomic E-state index is 12.5. The number of aliphatic carboxylic acids is 2. The van der Waals surface area contributed by atoms with Crippen molar-refractivity contribution in [3.63, 3.8) is 0 Å². The smallest absolute Gasteiger partial charge is 0.475 e. The summed E-state index contributed by atoms with van der Waals surface area (Å²) in [5, 5.41) is 25.9. The van der Waals surface area contributed by atoms with E-state index in [1.165, 1.54) is 11.3 Å². The SMILES string of the molecule is CC(C)NC(=O)C1CN(Cc2ccsc2)Cc2ccnn2C1.O=C(O)C(F)(F)F.O=C(O)C(F)(F)F. The van der Waals surface area contributed by atoms with E-state index in [0.29, 0.717) is 6.54 Å². The Balaban J connectivity index is 0.000000383. The molecule has 0 aromatic carbocycles. The van der Waals surface area contributed by atoms with Gasteiger partial charge >= 0.3 is 24.3 Å². The minimum absolute atomic E-state index is 0.0674. The van der Waals surface area contributed by atoms with Gasteiger partial charge in [0.15, 0.2) is 0 Å². The number of carboxylic acids is 2. The lowest BCUT2D eigenvalue weighted by molar-refractivity contribution is -0.193. The van der Waals surface area contributed by atoms with E-state index < -0.39 is 24.3 Å². The van der Waals surface area contributed by atoms with Crippen LogP contribution in [0.15, 0.2) is 29.1 Å². The molecule has 36 heavy (non-hydrogen) atoms. The van der Waals surface area contributed by atoms with Crippen LogP contribution < -0.4 is 5.32 Å². The summed E-state index contributed by atoms with van der Waals surface area (Å²) in [7, 11) is 0. The number of fused-ring (bicyclic) bond motifs is 1. The number of nitrogens with one attached hydrogen (secondary N) is 1. The second-order valence-corrected chi connectivity index (χ2v) is 8.55. The molecular weight excluding hydrogens is 522 g/mol. The molecule has 1 atom stereocenters. The second-order valence-electron chi connectivity index (χ2n) is 7.77. The molecule has 0 bridgehead atoms. The van der Waals surface area contributed by atoms with Crippen molar-refractivity contribution in [2.75, 3.05) is 6.54 Å². The predicted octanol–water partition coefficient (Wildman–Crippen LogP) is 3.37. The van der Waals surface area contributed by atoms with Gasteiger partial charge in [-0.1, -0.05) is 0 Å². The van der Waals surface area contributed by atoms with Crippen molar-refractivity contribution in [3.8, 4) is 0 Å². The molecule has 1 amide bonds. The standard InChI is InChI=1S/C16H22N4OS.2C2HF3O2/c1-12(2)18-16(21)14-8-19(7-13-4-6-22-11-13)10-15-3-5-17-20(15)9-14;2*3-2(4,5)1(6)7/h3-6,11-12,14H,7-10H2,1-2H3,(H,18,21);2*(H,6,7).